The van der Waals surface area contributed by atoms with Gasteiger partial charge in [0.1, 0.15) is 5.75 Å². The van der Waals surface area contributed by atoms with Crippen LogP contribution in [-0.2, 0) is 6.54 Å². The molecule has 0 saturated carbocycles. The molecule has 0 aliphatic heterocycles. The highest BCUT2D eigenvalue weighted by molar-refractivity contribution is 5.49. The number of rotatable bonds is 5. The summed E-state index contributed by atoms with van der Waals surface area (Å²) in [7, 11) is 1.70. The first-order valence-corrected chi connectivity index (χ1v) is 7.18. The minimum Gasteiger partial charge on any atom is -0.496 e. The van der Waals surface area contributed by atoms with Gasteiger partial charge in [0.05, 0.1) is 24.5 Å². The Morgan fingerprint density at radius 2 is 2.05 bits per heavy atom. The van der Waals surface area contributed by atoms with E-state index in [2.05, 4.69) is 49.5 Å². The predicted molar refractivity (Wildman–Crippen MR) is 84.3 cm³/mol. The number of hydrogen-bond donors (Lipinski definition) is 2. The van der Waals surface area contributed by atoms with E-state index in [-0.39, 0.29) is 6.04 Å². The van der Waals surface area contributed by atoms with Crippen LogP contribution in [0.3, 0.4) is 0 Å². The highest BCUT2D eigenvalue weighted by Crippen LogP contribution is 2.34. The van der Waals surface area contributed by atoms with Crippen molar-refractivity contribution in [3.8, 4) is 5.75 Å². The molecule has 1 heterocycles. The van der Waals surface area contributed by atoms with Crippen LogP contribution in [0.4, 0.5) is 0 Å². The van der Waals surface area contributed by atoms with Crippen molar-refractivity contribution in [3.63, 3.8) is 0 Å². The third-order valence-corrected chi connectivity index (χ3v) is 3.92. The van der Waals surface area contributed by atoms with Crippen LogP contribution < -0.4 is 16.0 Å². The van der Waals surface area contributed by atoms with E-state index in [1.807, 2.05) is 11.6 Å². The number of hydrazine groups is 1. The van der Waals surface area contributed by atoms with E-state index in [1.54, 1.807) is 7.11 Å². The molecule has 1 atom stereocenters. The minimum atomic E-state index is -0.152. The molecule has 0 bridgehead atoms. The zero-order valence-corrected chi connectivity index (χ0v) is 13.4. The lowest BCUT2D eigenvalue weighted by atomic mass is 9.97. The zero-order valence-electron chi connectivity index (χ0n) is 13.4. The molecular weight excluding hydrogens is 264 g/mol. The molecule has 3 N–H and O–H groups in total. The van der Waals surface area contributed by atoms with Crippen LogP contribution in [0.5, 0.6) is 5.75 Å². The third-order valence-electron chi connectivity index (χ3n) is 3.92. The summed E-state index contributed by atoms with van der Waals surface area (Å²) < 4.78 is 7.58. The molecule has 0 amide bonds. The number of ether oxygens (including phenoxy) is 1. The Balaban J connectivity index is 2.59. The Labute approximate surface area is 126 Å². The second kappa shape index (κ2) is 6.28. The van der Waals surface area contributed by atoms with Crippen LogP contribution in [-0.4, -0.2) is 16.9 Å². The molecule has 0 radical (unpaired) electrons. The van der Waals surface area contributed by atoms with Crippen LogP contribution >= 0.6 is 0 Å². The first-order chi connectivity index (χ1) is 10.0. The molecule has 0 aliphatic rings. The zero-order chi connectivity index (χ0) is 15.6. The van der Waals surface area contributed by atoms with Gasteiger partial charge < -0.3 is 4.74 Å². The van der Waals surface area contributed by atoms with Gasteiger partial charge in [-0.25, -0.2) is 5.43 Å². The highest BCUT2D eigenvalue weighted by Gasteiger charge is 2.22. The number of methoxy groups -OCH3 is 1. The van der Waals surface area contributed by atoms with Crippen molar-refractivity contribution >= 4 is 0 Å². The highest BCUT2D eigenvalue weighted by atomic mass is 16.5. The Bertz CT molecular complexity index is 633. The fourth-order valence-electron chi connectivity index (χ4n) is 2.69. The van der Waals surface area contributed by atoms with Crippen LogP contribution in [0, 0.1) is 20.8 Å². The average molecular weight is 288 g/mol. The Kier molecular flexibility index (Phi) is 4.65. The second-order valence-corrected chi connectivity index (χ2v) is 5.26. The predicted octanol–water partition coefficient (Wildman–Crippen LogP) is 2.39. The SMILES string of the molecule is CCn1nc(C)cc1C(NN)c1ccc(C)c(C)c1OC. The Morgan fingerprint density at radius 3 is 2.62 bits per heavy atom. The summed E-state index contributed by atoms with van der Waals surface area (Å²) in [5, 5.41) is 4.50. The molecule has 2 aromatic rings. The van der Waals surface area contributed by atoms with Crippen molar-refractivity contribution < 1.29 is 4.74 Å². The van der Waals surface area contributed by atoms with E-state index in [9.17, 15) is 0 Å². The summed E-state index contributed by atoms with van der Waals surface area (Å²) in [6, 6.07) is 6.06. The number of aromatic nitrogens is 2. The maximum atomic E-state index is 5.83. The van der Waals surface area contributed by atoms with E-state index in [4.69, 9.17) is 10.6 Å². The molecule has 114 valence electrons. The van der Waals surface area contributed by atoms with Crippen molar-refractivity contribution in [1.29, 1.82) is 0 Å². The molecule has 1 aromatic heterocycles. The van der Waals surface area contributed by atoms with Gasteiger partial charge in [0.15, 0.2) is 0 Å². The first kappa shape index (κ1) is 15.5. The summed E-state index contributed by atoms with van der Waals surface area (Å²) in [6.07, 6.45) is 0. The lowest BCUT2D eigenvalue weighted by Gasteiger charge is -2.22. The van der Waals surface area contributed by atoms with Crippen molar-refractivity contribution in [2.75, 3.05) is 7.11 Å². The van der Waals surface area contributed by atoms with E-state index in [1.165, 1.54) is 5.56 Å². The van der Waals surface area contributed by atoms with Gasteiger partial charge >= 0.3 is 0 Å². The monoisotopic (exact) mass is 288 g/mol. The summed E-state index contributed by atoms with van der Waals surface area (Å²) in [5.74, 6) is 6.71. The standard InChI is InChI=1S/C16H24N4O/c1-6-20-14(9-11(3)19-20)15(18-17)13-8-7-10(2)12(4)16(13)21-5/h7-9,15,18H,6,17H2,1-5H3. The van der Waals surface area contributed by atoms with E-state index >= 15 is 0 Å². The van der Waals surface area contributed by atoms with Crippen molar-refractivity contribution in [2.24, 2.45) is 5.84 Å². The molecule has 0 spiro atoms. The van der Waals surface area contributed by atoms with Gasteiger partial charge in [-0.05, 0) is 44.9 Å². The maximum absolute atomic E-state index is 5.83. The molecular formula is C16H24N4O. The molecule has 5 heteroatoms. The van der Waals surface area contributed by atoms with E-state index in [0.29, 0.717) is 0 Å². The van der Waals surface area contributed by atoms with Crippen LogP contribution in [0.2, 0.25) is 0 Å². The lowest BCUT2D eigenvalue weighted by Crippen LogP contribution is -2.31. The van der Waals surface area contributed by atoms with Crippen molar-refractivity contribution in [2.45, 2.75) is 40.3 Å². The van der Waals surface area contributed by atoms with Gasteiger partial charge in [0.2, 0.25) is 0 Å². The average Bonchev–Trinajstić information content (AvgIpc) is 2.84. The minimum absolute atomic E-state index is 0.152. The first-order valence-electron chi connectivity index (χ1n) is 7.18. The second-order valence-electron chi connectivity index (χ2n) is 5.26. The van der Waals surface area contributed by atoms with Crippen LogP contribution in [0.25, 0.3) is 0 Å². The third kappa shape index (κ3) is 2.80. The normalized spacial score (nSPS) is 12.5. The smallest absolute Gasteiger partial charge is 0.127 e. The Morgan fingerprint density at radius 1 is 1.33 bits per heavy atom. The summed E-state index contributed by atoms with van der Waals surface area (Å²) in [6.45, 7) is 9.00. The van der Waals surface area contributed by atoms with E-state index < -0.39 is 0 Å². The Hall–Kier alpha value is -1.85. The van der Waals surface area contributed by atoms with E-state index in [0.717, 1.165) is 34.8 Å². The van der Waals surface area contributed by atoms with Gasteiger partial charge in [-0.1, -0.05) is 12.1 Å². The van der Waals surface area contributed by atoms with Crippen molar-refractivity contribution in [1.82, 2.24) is 15.2 Å². The molecule has 2 rings (SSSR count). The quantitative estimate of drug-likeness (QED) is 0.655. The van der Waals surface area contributed by atoms with Gasteiger partial charge in [-0.2, -0.15) is 5.10 Å². The van der Waals surface area contributed by atoms with Gasteiger partial charge in [-0.3, -0.25) is 10.5 Å². The van der Waals surface area contributed by atoms with Gasteiger partial charge in [0.25, 0.3) is 0 Å². The van der Waals surface area contributed by atoms with Crippen LogP contribution in [0.1, 0.15) is 41.0 Å². The molecule has 0 saturated heterocycles. The molecule has 1 aromatic carbocycles. The fourth-order valence-corrected chi connectivity index (χ4v) is 2.69. The van der Waals surface area contributed by atoms with Gasteiger partial charge in [0, 0.05) is 12.1 Å². The number of nitrogens with two attached hydrogens (primary N) is 1. The molecule has 1 unspecified atom stereocenters. The largest absolute Gasteiger partial charge is 0.496 e. The summed E-state index contributed by atoms with van der Waals surface area (Å²) in [5.41, 5.74) is 8.29. The van der Waals surface area contributed by atoms with Crippen molar-refractivity contribution in [3.05, 3.63) is 46.3 Å². The maximum Gasteiger partial charge on any atom is 0.127 e. The summed E-state index contributed by atoms with van der Waals surface area (Å²) in [4.78, 5) is 0. The number of benzene rings is 1. The van der Waals surface area contributed by atoms with Crippen LogP contribution in [0.15, 0.2) is 18.2 Å². The molecule has 21 heavy (non-hydrogen) atoms. The molecule has 5 nitrogen and oxygen atoms in total. The molecule has 0 aliphatic carbocycles. The van der Waals surface area contributed by atoms with Gasteiger partial charge in [-0.15, -0.1) is 0 Å². The number of nitrogens with zero attached hydrogens (tertiary/aromatic N) is 2. The molecule has 0 fully saturated rings. The number of nitrogens with one attached hydrogen (secondary N) is 1. The summed E-state index contributed by atoms with van der Waals surface area (Å²) >= 11 is 0. The number of hydrogen-bond acceptors (Lipinski definition) is 4. The lowest BCUT2D eigenvalue weighted by molar-refractivity contribution is 0.398. The topological polar surface area (TPSA) is 65.1 Å². The number of aryl methyl sites for hydroxylation is 3. The fraction of sp³-hybridized carbons (Fsp3) is 0.438.